The summed E-state index contributed by atoms with van der Waals surface area (Å²) in [6.07, 6.45) is 0.206. The average molecular weight is 277 g/mol. The number of Topliss-reactive ketones (excluding diaryl/α,β-unsaturated/α-hetero) is 1. The first-order valence-electron chi connectivity index (χ1n) is 5.75. The quantitative estimate of drug-likeness (QED) is 0.870. The van der Waals surface area contributed by atoms with E-state index >= 15 is 0 Å². The van der Waals surface area contributed by atoms with Gasteiger partial charge in [-0.25, -0.2) is 0 Å². The number of hydrogen-bond donors (Lipinski definition) is 1. The molecule has 0 saturated heterocycles. The van der Waals surface area contributed by atoms with Crippen LogP contribution < -0.4 is 4.74 Å². The van der Waals surface area contributed by atoms with Crippen molar-refractivity contribution in [3.8, 4) is 11.5 Å². The lowest BCUT2D eigenvalue weighted by atomic mass is 10.0. The molecule has 0 bridgehead atoms. The fourth-order valence-electron chi connectivity index (χ4n) is 1.75. The molecular weight excluding hydrogens is 264 g/mol. The minimum atomic E-state index is -0.168. The summed E-state index contributed by atoms with van der Waals surface area (Å²) in [5.41, 5.74) is 1.10. The highest BCUT2D eigenvalue weighted by molar-refractivity contribution is 6.30. The van der Waals surface area contributed by atoms with Gasteiger partial charge in [0.1, 0.15) is 11.5 Å². The van der Waals surface area contributed by atoms with Crippen LogP contribution in [0, 0.1) is 0 Å². The molecule has 0 amide bonds. The molecule has 98 valence electrons. The molecule has 0 heterocycles. The second-order valence-corrected chi connectivity index (χ2v) is 4.55. The highest BCUT2D eigenvalue weighted by Gasteiger charge is 2.13. The van der Waals surface area contributed by atoms with Gasteiger partial charge in [-0.1, -0.05) is 23.7 Å². The SMILES string of the molecule is COc1ccc(O)c(C(=O)Cc2ccc(Cl)cc2)c1. The molecule has 0 unspecified atom stereocenters. The standard InChI is InChI=1S/C15H13ClO3/c1-19-12-6-7-14(17)13(9-12)15(18)8-10-2-4-11(16)5-3-10/h2-7,9,17H,8H2,1H3. The predicted octanol–water partition coefficient (Wildman–Crippen LogP) is 3.48. The number of phenols is 1. The number of halogens is 1. The highest BCUT2D eigenvalue weighted by Crippen LogP contribution is 2.24. The van der Waals surface area contributed by atoms with Gasteiger partial charge in [-0.15, -0.1) is 0 Å². The van der Waals surface area contributed by atoms with Crippen LogP contribution in [0.5, 0.6) is 11.5 Å². The van der Waals surface area contributed by atoms with E-state index in [1.807, 2.05) is 0 Å². The van der Waals surface area contributed by atoms with Gasteiger partial charge in [-0.05, 0) is 35.9 Å². The Kier molecular flexibility index (Phi) is 4.07. The molecule has 0 atom stereocenters. The van der Waals surface area contributed by atoms with E-state index in [1.165, 1.54) is 19.2 Å². The number of aromatic hydroxyl groups is 1. The Bertz CT molecular complexity index is 591. The third-order valence-electron chi connectivity index (χ3n) is 2.78. The number of methoxy groups -OCH3 is 1. The van der Waals surface area contributed by atoms with Gasteiger partial charge in [-0.3, -0.25) is 4.79 Å². The number of phenolic OH excluding ortho intramolecular Hbond substituents is 1. The van der Waals surface area contributed by atoms with Crippen molar-refractivity contribution >= 4 is 17.4 Å². The Labute approximate surface area is 116 Å². The fraction of sp³-hybridized carbons (Fsp3) is 0.133. The third kappa shape index (κ3) is 3.26. The predicted molar refractivity (Wildman–Crippen MR) is 74.1 cm³/mol. The lowest BCUT2D eigenvalue weighted by Gasteiger charge is -2.06. The van der Waals surface area contributed by atoms with E-state index in [-0.39, 0.29) is 23.5 Å². The average Bonchev–Trinajstić information content (AvgIpc) is 2.42. The van der Waals surface area contributed by atoms with Gasteiger partial charge in [0.05, 0.1) is 12.7 Å². The Morgan fingerprint density at radius 1 is 1.21 bits per heavy atom. The second-order valence-electron chi connectivity index (χ2n) is 4.11. The van der Waals surface area contributed by atoms with Crippen molar-refractivity contribution in [3.05, 3.63) is 58.6 Å². The molecule has 1 N–H and O–H groups in total. The van der Waals surface area contributed by atoms with Crippen LogP contribution in [0.15, 0.2) is 42.5 Å². The molecule has 0 saturated carbocycles. The summed E-state index contributed by atoms with van der Waals surface area (Å²) in [5, 5.41) is 10.4. The van der Waals surface area contributed by atoms with Gasteiger partial charge in [0.25, 0.3) is 0 Å². The molecule has 2 rings (SSSR count). The van der Waals surface area contributed by atoms with Crippen LogP contribution in [-0.4, -0.2) is 18.0 Å². The smallest absolute Gasteiger partial charge is 0.171 e. The third-order valence-corrected chi connectivity index (χ3v) is 3.03. The maximum Gasteiger partial charge on any atom is 0.171 e. The molecule has 0 spiro atoms. The van der Waals surface area contributed by atoms with E-state index in [1.54, 1.807) is 30.3 Å². The van der Waals surface area contributed by atoms with Crippen LogP contribution in [0.4, 0.5) is 0 Å². The lowest BCUT2D eigenvalue weighted by Crippen LogP contribution is -2.04. The summed E-state index contributed by atoms with van der Waals surface area (Å²) in [5.74, 6) is 0.329. The van der Waals surface area contributed by atoms with Crippen molar-refractivity contribution in [2.24, 2.45) is 0 Å². The first-order chi connectivity index (χ1) is 9.10. The lowest BCUT2D eigenvalue weighted by molar-refractivity contribution is 0.0990. The molecule has 0 radical (unpaired) electrons. The number of rotatable bonds is 4. The highest BCUT2D eigenvalue weighted by atomic mass is 35.5. The van der Waals surface area contributed by atoms with Crippen LogP contribution >= 0.6 is 11.6 Å². The Morgan fingerprint density at radius 3 is 2.53 bits per heavy atom. The van der Waals surface area contributed by atoms with Crippen molar-refractivity contribution < 1.29 is 14.6 Å². The fourth-order valence-corrected chi connectivity index (χ4v) is 1.87. The number of ketones is 1. The topological polar surface area (TPSA) is 46.5 Å². The molecule has 3 nitrogen and oxygen atoms in total. The van der Waals surface area contributed by atoms with Crippen LogP contribution in [0.1, 0.15) is 15.9 Å². The number of ether oxygens (including phenoxy) is 1. The Hall–Kier alpha value is -2.00. The van der Waals surface area contributed by atoms with E-state index in [9.17, 15) is 9.90 Å². The first-order valence-corrected chi connectivity index (χ1v) is 6.12. The van der Waals surface area contributed by atoms with Gasteiger partial charge in [0.15, 0.2) is 5.78 Å². The summed E-state index contributed by atoms with van der Waals surface area (Å²) in [6.45, 7) is 0. The normalized spacial score (nSPS) is 10.2. The molecule has 0 aliphatic carbocycles. The number of benzene rings is 2. The summed E-state index contributed by atoms with van der Waals surface area (Å²) >= 11 is 5.79. The van der Waals surface area contributed by atoms with Gasteiger partial charge in [-0.2, -0.15) is 0 Å². The summed E-state index contributed by atoms with van der Waals surface area (Å²) in [4.78, 5) is 12.1. The van der Waals surface area contributed by atoms with Crippen LogP contribution in [-0.2, 0) is 6.42 Å². The number of carbonyl (C=O) groups excluding carboxylic acids is 1. The van der Waals surface area contributed by atoms with Crippen molar-refractivity contribution in [2.75, 3.05) is 7.11 Å². The van der Waals surface area contributed by atoms with Crippen molar-refractivity contribution in [3.63, 3.8) is 0 Å². The van der Waals surface area contributed by atoms with Gasteiger partial charge in [0.2, 0.25) is 0 Å². The molecule has 0 aromatic heterocycles. The Morgan fingerprint density at radius 2 is 1.89 bits per heavy atom. The van der Waals surface area contributed by atoms with Crippen molar-refractivity contribution in [2.45, 2.75) is 6.42 Å². The van der Waals surface area contributed by atoms with Gasteiger partial charge < -0.3 is 9.84 Å². The van der Waals surface area contributed by atoms with E-state index in [2.05, 4.69) is 0 Å². The summed E-state index contributed by atoms with van der Waals surface area (Å²) in [7, 11) is 1.51. The monoisotopic (exact) mass is 276 g/mol. The first kappa shape index (κ1) is 13.4. The second kappa shape index (κ2) is 5.76. The molecule has 19 heavy (non-hydrogen) atoms. The van der Waals surface area contributed by atoms with Crippen LogP contribution in [0.25, 0.3) is 0 Å². The minimum absolute atomic E-state index is 0.0419. The maximum absolute atomic E-state index is 12.1. The largest absolute Gasteiger partial charge is 0.507 e. The number of hydrogen-bond acceptors (Lipinski definition) is 3. The summed E-state index contributed by atoms with van der Waals surface area (Å²) < 4.78 is 5.05. The van der Waals surface area contributed by atoms with Gasteiger partial charge in [0, 0.05) is 11.4 Å². The zero-order valence-corrected chi connectivity index (χ0v) is 11.1. The molecule has 4 heteroatoms. The van der Waals surface area contributed by atoms with Crippen molar-refractivity contribution in [1.82, 2.24) is 0 Å². The molecule has 2 aromatic carbocycles. The molecule has 0 aliphatic rings. The van der Waals surface area contributed by atoms with E-state index < -0.39 is 0 Å². The number of carbonyl (C=O) groups is 1. The zero-order chi connectivity index (χ0) is 13.8. The molecule has 0 fully saturated rings. The maximum atomic E-state index is 12.1. The van der Waals surface area contributed by atoms with E-state index in [4.69, 9.17) is 16.3 Å². The molecule has 0 aliphatic heterocycles. The van der Waals surface area contributed by atoms with Gasteiger partial charge >= 0.3 is 0 Å². The Balaban J connectivity index is 2.22. The zero-order valence-electron chi connectivity index (χ0n) is 10.4. The molecule has 2 aromatic rings. The minimum Gasteiger partial charge on any atom is -0.507 e. The van der Waals surface area contributed by atoms with E-state index in [0.29, 0.717) is 10.8 Å². The van der Waals surface area contributed by atoms with Crippen molar-refractivity contribution in [1.29, 1.82) is 0 Å². The molecular formula is C15H13ClO3. The van der Waals surface area contributed by atoms with Crippen LogP contribution in [0.3, 0.4) is 0 Å². The summed E-state index contributed by atoms with van der Waals surface area (Å²) in [6, 6.07) is 11.6. The van der Waals surface area contributed by atoms with Crippen LogP contribution in [0.2, 0.25) is 5.02 Å². The van der Waals surface area contributed by atoms with E-state index in [0.717, 1.165) is 5.56 Å².